The molecule has 1 heterocycles. The largest absolute Gasteiger partial charge is 0.480 e. The first-order valence-corrected chi connectivity index (χ1v) is 8.27. The number of carboxylic acids is 1. The van der Waals surface area contributed by atoms with Crippen LogP contribution in [0.4, 0.5) is 4.79 Å². The maximum absolute atomic E-state index is 12.0. The minimum absolute atomic E-state index is 0.151. The van der Waals surface area contributed by atoms with E-state index >= 15 is 0 Å². The van der Waals surface area contributed by atoms with Gasteiger partial charge in [-0.3, -0.25) is 0 Å². The highest BCUT2D eigenvalue weighted by atomic mass is 32.2. The summed E-state index contributed by atoms with van der Waals surface area (Å²) in [6, 6.07) is -0.223. The van der Waals surface area contributed by atoms with E-state index in [2.05, 4.69) is 16.9 Å². The molecule has 6 nitrogen and oxygen atoms in total. The van der Waals surface area contributed by atoms with E-state index in [-0.39, 0.29) is 12.1 Å². The van der Waals surface area contributed by atoms with Gasteiger partial charge in [0.05, 0.1) is 0 Å². The molecule has 1 saturated carbocycles. The van der Waals surface area contributed by atoms with Crippen LogP contribution in [0.25, 0.3) is 0 Å². The predicted molar refractivity (Wildman–Crippen MR) is 77.0 cm³/mol. The Morgan fingerprint density at radius 2 is 2.00 bits per heavy atom. The van der Waals surface area contributed by atoms with Crippen molar-refractivity contribution >= 4 is 23.8 Å². The predicted octanol–water partition coefficient (Wildman–Crippen LogP) is 1.20. The summed E-state index contributed by atoms with van der Waals surface area (Å²) in [5.41, 5.74) is -1.18. The lowest BCUT2D eigenvalue weighted by molar-refractivity contribution is -0.148. The monoisotopic (exact) mass is 302 g/mol. The van der Waals surface area contributed by atoms with Crippen LogP contribution in [0.5, 0.6) is 0 Å². The first-order valence-electron chi connectivity index (χ1n) is 6.98. The number of carbonyl (C=O) groups excluding carboxylic acids is 1. The maximum Gasteiger partial charge on any atom is 0.329 e. The van der Waals surface area contributed by atoms with Gasteiger partial charge in [-0.2, -0.15) is 11.8 Å². The van der Waals surface area contributed by atoms with Crippen LogP contribution >= 0.6 is 11.8 Å². The lowest BCUT2D eigenvalue weighted by Crippen LogP contribution is -2.60. The third-order valence-electron chi connectivity index (χ3n) is 4.16. The van der Waals surface area contributed by atoms with Crippen molar-refractivity contribution in [1.29, 1.82) is 0 Å². The molecule has 0 aromatic heterocycles. The van der Waals surface area contributed by atoms with Gasteiger partial charge >= 0.3 is 12.0 Å². The van der Waals surface area contributed by atoms with E-state index in [4.69, 9.17) is 4.74 Å². The van der Waals surface area contributed by atoms with Gasteiger partial charge in [0.25, 0.3) is 0 Å². The zero-order chi connectivity index (χ0) is 14.6. The molecule has 1 aliphatic heterocycles. The molecular weight excluding hydrogens is 280 g/mol. The lowest BCUT2D eigenvalue weighted by atomic mass is 9.90. The number of carbonyl (C=O) groups is 2. The number of carboxylic acid groups (broad SMARTS) is 1. The van der Waals surface area contributed by atoms with Crippen LogP contribution in [0.3, 0.4) is 0 Å². The SMILES string of the molecule is CSC1CCC(NC(=O)NC2(C(=O)O)CCOCC2)C1. The molecule has 2 aliphatic rings. The van der Waals surface area contributed by atoms with Crippen LogP contribution in [0.1, 0.15) is 32.1 Å². The van der Waals surface area contributed by atoms with Gasteiger partial charge in [0, 0.05) is 37.3 Å². The highest BCUT2D eigenvalue weighted by molar-refractivity contribution is 7.99. The molecule has 0 aromatic carbocycles. The second-order valence-electron chi connectivity index (χ2n) is 5.47. The van der Waals surface area contributed by atoms with Crippen molar-refractivity contribution in [2.75, 3.05) is 19.5 Å². The number of aliphatic carboxylic acids is 1. The molecule has 3 N–H and O–H groups in total. The molecule has 2 fully saturated rings. The zero-order valence-electron chi connectivity index (χ0n) is 11.7. The molecule has 2 rings (SSSR count). The van der Waals surface area contributed by atoms with E-state index in [0.29, 0.717) is 31.3 Å². The number of nitrogens with one attached hydrogen (secondary N) is 2. The number of ether oxygens (including phenoxy) is 1. The Kier molecular flexibility index (Phi) is 5.15. The van der Waals surface area contributed by atoms with Crippen LogP contribution < -0.4 is 10.6 Å². The molecule has 2 unspecified atom stereocenters. The Morgan fingerprint density at radius 1 is 1.30 bits per heavy atom. The van der Waals surface area contributed by atoms with Gasteiger partial charge in [0.15, 0.2) is 0 Å². The van der Waals surface area contributed by atoms with Gasteiger partial charge in [-0.1, -0.05) is 0 Å². The Hall–Kier alpha value is -0.950. The van der Waals surface area contributed by atoms with Crippen molar-refractivity contribution in [2.45, 2.75) is 48.9 Å². The first-order chi connectivity index (χ1) is 9.55. The summed E-state index contributed by atoms with van der Waals surface area (Å²) < 4.78 is 5.18. The molecule has 1 saturated heterocycles. The highest BCUT2D eigenvalue weighted by Gasteiger charge is 2.42. The Bertz CT molecular complexity index is 371. The fourth-order valence-electron chi connectivity index (χ4n) is 2.84. The quantitative estimate of drug-likeness (QED) is 0.726. The summed E-state index contributed by atoms with van der Waals surface area (Å²) >= 11 is 1.82. The van der Waals surface area contributed by atoms with Crippen LogP contribution in [0, 0.1) is 0 Å². The second kappa shape index (κ2) is 6.67. The molecule has 20 heavy (non-hydrogen) atoms. The highest BCUT2D eigenvalue weighted by Crippen LogP contribution is 2.28. The smallest absolute Gasteiger partial charge is 0.329 e. The normalized spacial score (nSPS) is 28.9. The fourth-order valence-corrected chi connectivity index (χ4v) is 3.63. The maximum atomic E-state index is 12.0. The van der Waals surface area contributed by atoms with Crippen molar-refractivity contribution in [3.05, 3.63) is 0 Å². The molecule has 0 aromatic rings. The fraction of sp³-hybridized carbons (Fsp3) is 0.846. The van der Waals surface area contributed by atoms with E-state index in [0.717, 1.165) is 19.3 Å². The average molecular weight is 302 g/mol. The van der Waals surface area contributed by atoms with Crippen LogP contribution in [-0.2, 0) is 9.53 Å². The summed E-state index contributed by atoms with van der Waals surface area (Å²) in [6.45, 7) is 0.731. The number of rotatable bonds is 4. The summed E-state index contributed by atoms with van der Waals surface area (Å²) in [5.74, 6) is -0.982. The van der Waals surface area contributed by atoms with Crippen LogP contribution in [0.2, 0.25) is 0 Å². The number of thioether (sulfide) groups is 1. The van der Waals surface area contributed by atoms with Crippen molar-refractivity contribution in [2.24, 2.45) is 0 Å². The van der Waals surface area contributed by atoms with Crippen LogP contribution in [-0.4, -0.2) is 53.4 Å². The zero-order valence-corrected chi connectivity index (χ0v) is 12.5. The van der Waals surface area contributed by atoms with Crippen LogP contribution in [0.15, 0.2) is 0 Å². The minimum atomic E-state index is -1.18. The molecule has 0 radical (unpaired) electrons. The Labute approximate surface area is 123 Å². The number of hydrogen-bond acceptors (Lipinski definition) is 4. The number of hydrogen-bond donors (Lipinski definition) is 3. The minimum Gasteiger partial charge on any atom is -0.480 e. The first kappa shape index (κ1) is 15.4. The molecular formula is C13H22N2O4S. The van der Waals surface area contributed by atoms with Gasteiger partial charge in [0.2, 0.25) is 0 Å². The Morgan fingerprint density at radius 3 is 2.55 bits per heavy atom. The topological polar surface area (TPSA) is 87.7 Å². The summed E-state index contributed by atoms with van der Waals surface area (Å²) in [4.78, 5) is 23.5. The third-order valence-corrected chi connectivity index (χ3v) is 5.26. The molecule has 2 atom stereocenters. The second-order valence-corrected chi connectivity index (χ2v) is 6.60. The van der Waals surface area contributed by atoms with Gasteiger partial charge in [-0.05, 0) is 25.5 Å². The van der Waals surface area contributed by atoms with Crippen molar-refractivity contribution < 1.29 is 19.4 Å². The molecule has 114 valence electrons. The Balaban J connectivity index is 1.87. The number of urea groups is 1. The van der Waals surface area contributed by atoms with Gasteiger partial charge in [0.1, 0.15) is 5.54 Å². The molecule has 2 amide bonds. The third kappa shape index (κ3) is 3.58. The van der Waals surface area contributed by atoms with Gasteiger partial charge in [-0.25, -0.2) is 9.59 Å². The van der Waals surface area contributed by atoms with E-state index in [1.165, 1.54) is 0 Å². The van der Waals surface area contributed by atoms with E-state index in [1.807, 2.05) is 11.8 Å². The van der Waals surface area contributed by atoms with Gasteiger partial charge in [-0.15, -0.1) is 0 Å². The molecule has 7 heteroatoms. The number of amides is 2. The van der Waals surface area contributed by atoms with Crippen molar-refractivity contribution in [3.8, 4) is 0 Å². The molecule has 0 bridgehead atoms. The van der Waals surface area contributed by atoms with Crippen molar-refractivity contribution in [3.63, 3.8) is 0 Å². The summed E-state index contributed by atoms with van der Waals surface area (Å²) in [5, 5.41) is 15.5. The summed E-state index contributed by atoms with van der Waals surface area (Å²) in [6.07, 6.45) is 5.72. The average Bonchev–Trinajstić information content (AvgIpc) is 2.87. The van der Waals surface area contributed by atoms with E-state index in [1.54, 1.807) is 0 Å². The molecule has 0 spiro atoms. The lowest BCUT2D eigenvalue weighted by Gasteiger charge is -2.34. The van der Waals surface area contributed by atoms with E-state index < -0.39 is 11.5 Å². The van der Waals surface area contributed by atoms with E-state index in [9.17, 15) is 14.7 Å². The standard InChI is InChI=1S/C13H22N2O4S/c1-20-10-3-2-9(8-10)14-12(18)15-13(11(16)17)4-6-19-7-5-13/h9-10H,2-8H2,1H3,(H,16,17)(H2,14,15,18). The summed E-state index contributed by atoms with van der Waals surface area (Å²) in [7, 11) is 0. The van der Waals surface area contributed by atoms with Crippen molar-refractivity contribution in [1.82, 2.24) is 10.6 Å². The molecule has 1 aliphatic carbocycles. The van der Waals surface area contributed by atoms with Gasteiger partial charge < -0.3 is 20.5 Å².